The molecule has 0 aliphatic carbocycles. The molecule has 0 fully saturated rings. The van der Waals surface area contributed by atoms with Gasteiger partial charge in [-0.1, -0.05) is 18.5 Å². The second kappa shape index (κ2) is 9.43. The van der Waals surface area contributed by atoms with Crippen LogP contribution in [0.1, 0.15) is 13.3 Å². The molecule has 2 nitrogen and oxygen atoms in total. The van der Waals surface area contributed by atoms with Crippen LogP contribution in [0.5, 0.6) is 0 Å². The highest BCUT2D eigenvalue weighted by Crippen LogP contribution is 1.98. The van der Waals surface area contributed by atoms with Gasteiger partial charge in [-0.3, -0.25) is 0 Å². The van der Waals surface area contributed by atoms with Crippen LogP contribution < -0.4 is 0 Å². The zero-order valence-electron chi connectivity index (χ0n) is 7.52. The van der Waals surface area contributed by atoms with E-state index in [0.717, 1.165) is 16.9 Å². The fraction of sp³-hybridized carbons (Fsp3) is 1.00. The third-order valence-corrected chi connectivity index (χ3v) is 1.93. The van der Waals surface area contributed by atoms with E-state index in [2.05, 4.69) is 0 Å². The lowest BCUT2D eigenvalue weighted by Crippen LogP contribution is -1.99. The summed E-state index contributed by atoms with van der Waals surface area (Å²) in [5.74, 6) is 0. The first kappa shape index (κ1) is 13.0. The molecule has 0 amide bonds. The molecule has 1 unspecified atom stereocenters. The first-order valence-electron chi connectivity index (χ1n) is 3.32. The van der Waals surface area contributed by atoms with E-state index < -0.39 is 0 Å². The van der Waals surface area contributed by atoms with Crippen molar-refractivity contribution in [3.05, 3.63) is 0 Å². The molecular formula is C6H18ClNOSi. The fourth-order valence-electron chi connectivity index (χ4n) is 0.167. The van der Waals surface area contributed by atoms with Crippen LogP contribution >= 0.6 is 11.6 Å². The second-order valence-corrected chi connectivity index (χ2v) is 3.35. The number of nitrogens with zero attached hydrogens (tertiary/aromatic N) is 1. The monoisotopic (exact) mass is 183 g/mol. The van der Waals surface area contributed by atoms with Crippen LogP contribution in [0.25, 0.3) is 0 Å². The standard InChI is InChI=1S/C3H9ClOSi.C3H9N/c1-2-3(4)5-6;1-4(2)3/h3H,2H2,1,6H3;1-3H3. The summed E-state index contributed by atoms with van der Waals surface area (Å²) in [6.07, 6.45) is 0.908. The van der Waals surface area contributed by atoms with Crippen molar-refractivity contribution in [2.75, 3.05) is 21.1 Å². The van der Waals surface area contributed by atoms with Gasteiger partial charge in [-0.2, -0.15) is 0 Å². The molecule has 0 aromatic rings. The van der Waals surface area contributed by atoms with Gasteiger partial charge in [0.25, 0.3) is 0 Å². The van der Waals surface area contributed by atoms with Gasteiger partial charge in [0.2, 0.25) is 0 Å². The number of rotatable bonds is 2. The van der Waals surface area contributed by atoms with Gasteiger partial charge < -0.3 is 9.33 Å². The van der Waals surface area contributed by atoms with E-state index >= 15 is 0 Å². The highest BCUT2D eigenvalue weighted by molar-refractivity contribution is 6.21. The van der Waals surface area contributed by atoms with Gasteiger partial charge in [0, 0.05) is 0 Å². The van der Waals surface area contributed by atoms with Crippen molar-refractivity contribution in [3.63, 3.8) is 0 Å². The molecule has 0 aromatic heterocycles. The van der Waals surface area contributed by atoms with Crippen LogP contribution in [0.15, 0.2) is 0 Å². The summed E-state index contributed by atoms with van der Waals surface area (Å²) in [6.45, 7) is 2.00. The van der Waals surface area contributed by atoms with Crippen molar-refractivity contribution in [1.82, 2.24) is 4.90 Å². The minimum atomic E-state index is -0.0309. The van der Waals surface area contributed by atoms with Crippen molar-refractivity contribution in [2.24, 2.45) is 0 Å². The average Bonchev–Trinajstić information content (AvgIpc) is 1.85. The van der Waals surface area contributed by atoms with Gasteiger partial charge in [0.1, 0.15) is 16.0 Å². The predicted octanol–water partition coefficient (Wildman–Crippen LogP) is 0.436. The van der Waals surface area contributed by atoms with Crippen molar-refractivity contribution in [2.45, 2.75) is 18.9 Å². The summed E-state index contributed by atoms with van der Waals surface area (Å²) in [5, 5.41) is 0. The number of hydrogen-bond acceptors (Lipinski definition) is 2. The largest absolute Gasteiger partial charge is 0.412 e. The summed E-state index contributed by atoms with van der Waals surface area (Å²) in [4.78, 5) is 2.00. The number of hydrogen-bond donors (Lipinski definition) is 0. The SMILES string of the molecule is CCC(Cl)O[SiH3].CN(C)C. The Hall–Kier alpha value is 0.427. The Morgan fingerprint density at radius 3 is 1.80 bits per heavy atom. The van der Waals surface area contributed by atoms with E-state index in [1.807, 2.05) is 33.0 Å². The zero-order chi connectivity index (χ0) is 8.57. The van der Waals surface area contributed by atoms with Crippen molar-refractivity contribution < 1.29 is 4.43 Å². The zero-order valence-corrected chi connectivity index (χ0v) is 10.3. The third kappa shape index (κ3) is 23.7. The van der Waals surface area contributed by atoms with Crippen LogP contribution in [0.2, 0.25) is 0 Å². The first-order chi connectivity index (χ1) is 4.54. The van der Waals surface area contributed by atoms with Crippen LogP contribution in [-0.4, -0.2) is 42.1 Å². The summed E-state index contributed by atoms with van der Waals surface area (Å²) >= 11 is 5.46. The Morgan fingerprint density at radius 1 is 1.50 bits per heavy atom. The molecule has 0 bridgehead atoms. The summed E-state index contributed by atoms with van der Waals surface area (Å²) in [6, 6.07) is 0. The van der Waals surface area contributed by atoms with Gasteiger partial charge in [-0.15, -0.1) is 0 Å². The molecule has 0 radical (unpaired) electrons. The normalized spacial score (nSPS) is 12.6. The molecule has 0 saturated carbocycles. The maximum absolute atomic E-state index is 5.46. The molecule has 0 heterocycles. The fourth-order valence-corrected chi connectivity index (χ4v) is 0.500. The van der Waals surface area contributed by atoms with Gasteiger partial charge >= 0.3 is 0 Å². The molecule has 64 valence electrons. The average molecular weight is 184 g/mol. The van der Waals surface area contributed by atoms with E-state index in [1.165, 1.54) is 0 Å². The summed E-state index contributed by atoms with van der Waals surface area (Å²) in [5.41, 5.74) is -0.0309. The van der Waals surface area contributed by atoms with Crippen molar-refractivity contribution in [3.8, 4) is 0 Å². The number of halogens is 1. The summed E-state index contributed by atoms with van der Waals surface area (Å²) in [7, 11) is 6.75. The van der Waals surface area contributed by atoms with Gasteiger partial charge in [-0.05, 0) is 27.6 Å². The Bertz CT molecular complexity index is 57.0. The van der Waals surface area contributed by atoms with Gasteiger partial charge in [-0.25, -0.2) is 0 Å². The highest BCUT2D eigenvalue weighted by Gasteiger charge is 1.90. The Balaban J connectivity index is 0. The van der Waals surface area contributed by atoms with E-state index in [4.69, 9.17) is 16.0 Å². The molecule has 0 N–H and O–H groups in total. The molecule has 4 heteroatoms. The second-order valence-electron chi connectivity index (χ2n) is 2.40. The molecule has 0 aliphatic heterocycles. The van der Waals surface area contributed by atoms with Crippen molar-refractivity contribution >= 4 is 22.1 Å². The van der Waals surface area contributed by atoms with Crippen LogP contribution in [-0.2, 0) is 4.43 Å². The maximum atomic E-state index is 5.46. The van der Waals surface area contributed by atoms with E-state index in [1.54, 1.807) is 0 Å². The lowest BCUT2D eigenvalue weighted by atomic mass is 10.5. The van der Waals surface area contributed by atoms with Crippen LogP contribution in [0, 0.1) is 0 Å². The summed E-state index contributed by atoms with van der Waals surface area (Å²) < 4.78 is 4.80. The Labute approximate surface area is 72.0 Å². The Kier molecular flexibility index (Phi) is 12.3. The maximum Gasteiger partial charge on any atom is 0.148 e. The van der Waals surface area contributed by atoms with E-state index in [-0.39, 0.29) is 5.56 Å². The minimum absolute atomic E-state index is 0.0309. The van der Waals surface area contributed by atoms with E-state index in [0.29, 0.717) is 0 Å². The smallest absolute Gasteiger partial charge is 0.148 e. The number of alkyl halides is 1. The molecule has 1 atom stereocenters. The molecule has 0 aliphatic rings. The van der Waals surface area contributed by atoms with Crippen LogP contribution in [0.3, 0.4) is 0 Å². The molecule has 0 spiro atoms. The van der Waals surface area contributed by atoms with Crippen LogP contribution in [0.4, 0.5) is 0 Å². The Morgan fingerprint density at radius 2 is 1.80 bits per heavy atom. The third-order valence-electron chi connectivity index (χ3n) is 0.577. The highest BCUT2D eigenvalue weighted by atomic mass is 35.5. The first-order valence-corrected chi connectivity index (χ1v) is 4.57. The molecule has 0 aromatic carbocycles. The minimum Gasteiger partial charge on any atom is -0.412 e. The lowest BCUT2D eigenvalue weighted by molar-refractivity contribution is 0.305. The van der Waals surface area contributed by atoms with Gasteiger partial charge in [0.15, 0.2) is 0 Å². The molecule has 0 rings (SSSR count). The van der Waals surface area contributed by atoms with Crippen molar-refractivity contribution in [1.29, 1.82) is 0 Å². The molecule has 10 heavy (non-hydrogen) atoms. The lowest BCUT2D eigenvalue weighted by Gasteiger charge is -1.99. The predicted molar refractivity (Wildman–Crippen MR) is 50.6 cm³/mol. The molecule has 0 saturated heterocycles. The quantitative estimate of drug-likeness (QED) is 0.455. The van der Waals surface area contributed by atoms with Gasteiger partial charge in [0.05, 0.1) is 0 Å². The molecular weight excluding hydrogens is 166 g/mol. The topological polar surface area (TPSA) is 12.5 Å². The van der Waals surface area contributed by atoms with E-state index in [9.17, 15) is 0 Å².